The third-order valence-corrected chi connectivity index (χ3v) is 6.72. The molecular weight excluding hydrogens is 489 g/mol. The fraction of sp³-hybridized carbons (Fsp3) is 0.920. The quantitative estimate of drug-likeness (QED) is 0.0838. The molecule has 214 valence electrons. The fourth-order valence-electron chi connectivity index (χ4n) is 3.56. The maximum Gasteiger partial charge on any atom is 0.472 e. The standard InChI is InChI=1S/C25H50NO9P/c1-3-4-5-6-7-8-9-10-11-12-13-14-15-16-17-18-24(28)33-19-22(27)20-34-36(30,31)35-21-23(26)25(29)32-2/h22-23,27H,3-21,26H2,1-2H3,(H,30,31)/t22-,23+/m1/s1. The SMILES string of the molecule is CCCCCCCCCCCCCCCCCC(=O)OC[C@@H](O)COP(=O)(O)OC[C@H](N)C(=O)OC. The molecule has 0 saturated heterocycles. The van der Waals surface area contributed by atoms with E-state index in [1.54, 1.807) is 0 Å². The van der Waals surface area contributed by atoms with E-state index in [-0.39, 0.29) is 13.0 Å². The van der Waals surface area contributed by atoms with Gasteiger partial charge in [-0.15, -0.1) is 0 Å². The molecule has 0 amide bonds. The van der Waals surface area contributed by atoms with Crippen molar-refractivity contribution < 1.29 is 42.7 Å². The van der Waals surface area contributed by atoms with E-state index in [1.165, 1.54) is 77.0 Å². The van der Waals surface area contributed by atoms with Gasteiger partial charge in [-0.3, -0.25) is 18.6 Å². The first-order valence-corrected chi connectivity index (χ1v) is 15.0. The van der Waals surface area contributed by atoms with E-state index in [2.05, 4.69) is 20.7 Å². The fourth-order valence-corrected chi connectivity index (χ4v) is 4.35. The van der Waals surface area contributed by atoms with Crippen molar-refractivity contribution in [3.8, 4) is 0 Å². The average molecular weight is 540 g/mol. The molecule has 0 aliphatic carbocycles. The lowest BCUT2D eigenvalue weighted by Gasteiger charge is -2.16. The second kappa shape index (κ2) is 23.1. The summed E-state index contributed by atoms with van der Waals surface area (Å²) in [5, 5.41) is 9.78. The second-order valence-electron chi connectivity index (χ2n) is 9.23. The highest BCUT2D eigenvalue weighted by molar-refractivity contribution is 7.47. The molecule has 11 heteroatoms. The Labute approximate surface area is 217 Å². The van der Waals surface area contributed by atoms with Crippen LogP contribution in [-0.4, -0.2) is 61.0 Å². The predicted molar refractivity (Wildman–Crippen MR) is 138 cm³/mol. The Hall–Kier alpha value is -1.03. The molecule has 0 bridgehead atoms. The van der Waals surface area contributed by atoms with Crippen LogP contribution < -0.4 is 5.73 Å². The van der Waals surface area contributed by atoms with Crippen LogP contribution in [0.15, 0.2) is 0 Å². The molecule has 36 heavy (non-hydrogen) atoms. The van der Waals surface area contributed by atoms with Crippen molar-refractivity contribution in [3.05, 3.63) is 0 Å². The minimum atomic E-state index is -4.53. The average Bonchev–Trinajstić information content (AvgIpc) is 2.86. The van der Waals surface area contributed by atoms with E-state index in [9.17, 15) is 24.2 Å². The number of methoxy groups -OCH3 is 1. The Kier molecular flexibility index (Phi) is 22.5. The minimum absolute atomic E-state index is 0.263. The number of aliphatic hydroxyl groups excluding tert-OH is 1. The maximum absolute atomic E-state index is 11.8. The van der Waals surface area contributed by atoms with Crippen LogP contribution >= 0.6 is 7.82 Å². The summed E-state index contributed by atoms with van der Waals surface area (Å²) < 4.78 is 30.3. The number of phosphoric ester groups is 1. The zero-order valence-electron chi connectivity index (χ0n) is 22.4. The number of carbonyl (C=O) groups excluding carboxylic acids is 2. The molecule has 0 aromatic carbocycles. The van der Waals surface area contributed by atoms with E-state index < -0.39 is 45.1 Å². The summed E-state index contributed by atoms with van der Waals surface area (Å²) in [6, 6.07) is -1.25. The highest BCUT2D eigenvalue weighted by atomic mass is 31.2. The van der Waals surface area contributed by atoms with Gasteiger partial charge in [-0.1, -0.05) is 96.8 Å². The van der Waals surface area contributed by atoms with Gasteiger partial charge in [0.2, 0.25) is 0 Å². The monoisotopic (exact) mass is 539 g/mol. The van der Waals surface area contributed by atoms with Crippen LogP contribution in [0.1, 0.15) is 110 Å². The van der Waals surface area contributed by atoms with E-state index in [4.69, 9.17) is 10.5 Å². The van der Waals surface area contributed by atoms with Crippen molar-refractivity contribution in [1.82, 2.24) is 0 Å². The van der Waals surface area contributed by atoms with Gasteiger partial charge in [0.25, 0.3) is 0 Å². The summed E-state index contributed by atoms with van der Waals surface area (Å²) in [4.78, 5) is 32.5. The van der Waals surface area contributed by atoms with Crippen LogP contribution in [0.4, 0.5) is 0 Å². The summed E-state index contributed by atoms with van der Waals surface area (Å²) in [6.07, 6.45) is 17.6. The first-order chi connectivity index (χ1) is 17.2. The highest BCUT2D eigenvalue weighted by Gasteiger charge is 2.26. The number of ether oxygens (including phenoxy) is 2. The van der Waals surface area contributed by atoms with Gasteiger partial charge in [0.1, 0.15) is 18.8 Å². The molecule has 3 atom stereocenters. The molecule has 0 spiro atoms. The Bertz CT molecular complexity index is 606. The Balaban J connectivity index is 3.59. The number of nitrogens with two attached hydrogens (primary N) is 1. The van der Waals surface area contributed by atoms with Gasteiger partial charge < -0.3 is 25.2 Å². The van der Waals surface area contributed by atoms with Gasteiger partial charge in [0, 0.05) is 6.42 Å². The van der Waals surface area contributed by atoms with Crippen molar-refractivity contribution in [2.75, 3.05) is 26.9 Å². The maximum atomic E-state index is 11.8. The number of phosphoric acid groups is 1. The number of hydrogen-bond acceptors (Lipinski definition) is 9. The molecule has 0 radical (unpaired) electrons. The van der Waals surface area contributed by atoms with Crippen molar-refractivity contribution in [2.45, 2.75) is 122 Å². The molecule has 1 unspecified atom stereocenters. The second-order valence-corrected chi connectivity index (χ2v) is 10.7. The molecule has 0 heterocycles. The number of rotatable bonds is 25. The summed E-state index contributed by atoms with van der Waals surface area (Å²) in [5.41, 5.74) is 5.39. The molecule has 0 rings (SSSR count). The van der Waals surface area contributed by atoms with Crippen molar-refractivity contribution in [3.63, 3.8) is 0 Å². The third-order valence-electron chi connectivity index (χ3n) is 5.77. The van der Waals surface area contributed by atoms with Crippen LogP contribution in [-0.2, 0) is 32.7 Å². The highest BCUT2D eigenvalue weighted by Crippen LogP contribution is 2.43. The molecule has 0 aliphatic rings. The van der Waals surface area contributed by atoms with Gasteiger partial charge in [-0.25, -0.2) is 4.57 Å². The molecule has 0 saturated carbocycles. The summed E-state index contributed by atoms with van der Waals surface area (Å²) in [6.45, 7) is 0.703. The summed E-state index contributed by atoms with van der Waals surface area (Å²) in [7, 11) is -3.41. The van der Waals surface area contributed by atoms with Gasteiger partial charge in [0.15, 0.2) is 0 Å². The molecule has 0 aromatic heterocycles. The molecular formula is C25H50NO9P. The predicted octanol–water partition coefficient (Wildman–Crippen LogP) is 4.79. The molecule has 0 fully saturated rings. The topological polar surface area (TPSA) is 155 Å². The first-order valence-electron chi connectivity index (χ1n) is 13.5. The largest absolute Gasteiger partial charge is 0.472 e. The van der Waals surface area contributed by atoms with E-state index >= 15 is 0 Å². The van der Waals surface area contributed by atoms with Gasteiger partial charge in [-0.05, 0) is 6.42 Å². The van der Waals surface area contributed by atoms with Crippen molar-refractivity contribution in [1.29, 1.82) is 0 Å². The summed E-state index contributed by atoms with van der Waals surface area (Å²) in [5.74, 6) is -1.24. The Morgan fingerprint density at radius 3 is 1.69 bits per heavy atom. The van der Waals surface area contributed by atoms with Crippen LogP contribution in [0.5, 0.6) is 0 Å². The molecule has 10 nitrogen and oxygen atoms in total. The van der Waals surface area contributed by atoms with Crippen LogP contribution in [0.3, 0.4) is 0 Å². The van der Waals surface area contributed by atoms with Gasteiger partial charge in [0.05, 0.1) is 20.3 Å². The number of unbranched alkanes of at least 4 members (excludes halogenated alkanes) is 14. The first kappa shape index (κ1) is 35.0. The lowest BCUT2D eigenvalue weighted by Crippen LogP contribution is -2.35. The molecule has 4 N–H and O–H groups in total. The number of hydrogen-bond donors (Lipinski definition) is 3. The van der Waals surface area contributed by atoms with Crippen LogP contribution in [0, 0.1) is 0 Å². The molecule has 0 aliphatic heterocycles. The normalized spacial score (nSPS) is 14.7. The zero-order valence-corrected chi connectivity index (χ0v) is 23.3. The smallest absolute Gasteiger partial charge is 0.468 e. The Morgan fingerprint density at radius 2 is 1.22 bits per heavy atom. The lowest BCUT2D eigenvalue weighted by atomic mass is 10.0. The Morgan fingerprint density at radius 1 is 0.778 bits per heavy atom. The lowest BCUT2D eigenvalue weighted by molar-refractivity contribution is -0.147. The molecule has 0 aromatic rings. The summed E-state index contributed by atoms with van der Waals surface area (Å²) >= 11 is 0. The third kappa shape index (κ3) is 22.2. The van der Waals surface area contributed by atoms with Crippen LogP contribution in [0.2, 0.25) is 0 Å². The van der Waals surface area contributed by atoms with Gasteiger partial charge in [-0.2, -0.15) is 0 Å². The van der Waals surface area contributed by atoms with Crippen molar-refractivity contribution >= 4 is 19.8 Å². The van der Waals surface area contributed by atoms with E-state index in [0.29, 0.717) is 0 Å². The minimum Gasteiger partial charge on any atom is -0.468 e. The zero-order chi connectivity index (χ0) is 27.1. The van der Waals surface area contributed by atoms with Crippen LogP contribution in [0.25, 0.3) is 0 Å². The van der Waals surface area contributed by atoms with Gasteiger partial charge >= 0.3 is 19.8 Å². The van der Waals surface area contributed by atoms with Crippen molar-refractivity contribution in [2.24, 2.45) is 5.73 Å². The van der Waals surface area contributed by atoms with E-state index in [0.717, 1.165) is 26.4 Å². The van der Waals surface area contributed by atoms with E-state index in [1.807, 2.05) is 0 Å². The number of aliphatic hydroxyl groups is 1. The number of esters is 2. The number of carbonyl (C=O) groups is 2.